The summed E-state index contributed by atoms with van der Waals surface area (Å²) in [5.74, 6) is -0.159. The van der Waals surface area contributed by atoms with E-state index in [-0.39, 0.29) is 5.91 Å². The summed E-state index contributed by atoms with van der Waals surface area (Å²) < 4.78 is 2.69. The average Bonchev–Trinajstić information content (AvgIpc) is 2.98. The minimum atomic E-state index is -0.159. The van der Waals surface area contributed by atoms with Crippen LogP contribution in [0, 0.1) is 6.92 Å². The summed E-state index contributed by atoms with van der Waals surface area (Å²) >= 11 is 3.41. The van der Waals surface area contributed by atoms with Crippen molar-refractivity contribution in [1.29, 1.82) is 0 Å². The molecule has 128 valence electrons. The molecule has 1 saturated heterocycles. The molecule has 1 aliphatic heterocycles. The van der Waals surface area contributed by atoms with E-state index in [2.05, 4.69) is 36.5 Å². The molecule has 0 aliphatic carbocycles. The fraction of sp³-hybridized carbons (Fsp3) is 0.471. The Morgan fingerprint density at radius 3 is 2.62 bits per heavy atom. The van der Waals surface area contributed by atoms with Gasteiger partial charge in [0.2, 0.25) is 0 Å². The lowest BCUT2D eigenvalue weighted by Gasteiger charge is -2.26. The van der Waals surface area contributed by atoms with Crippen LogP contribution < -0.4 is 5.32 Å². The van der Waals surface area contributed by atoms with E-state index in [1.807, 2.05) is 31.2 Å². The first-order valence-electron chi connectivity index (χ1n) is 8.34. The van der Waals surface area contributed by atoms with Crippen LogP contribution in [0.25, 0.3) is 5.69 Å². The van der Waals surface area contributed by atoms with Gasteiger partial charge in [0.1, 0.15) is 0 Å². The van der Waals surface area contributed by atoms with E-state index in [9.17, 15) is 4.79 Å². The van der Waals surface area contributed by atoms with Gasteiger partial charge in [0.15, 0.2) is 5.69 Å². The van der Waals surface area contributed by atoms with E-state index in [4.69, 9.17) is 0 Å². The zero-order valence-electron chi connectivity index (χ0n) is 13.8. The lowest BCUT2D eigenvalue weighted by molar-refractivity contribution is 0.0941. The van der Waals surface area contributed by atoms with Crippen molar-refractivity contribution in [3.63, 3.8) is 0 Å². The summed E-state index contributed by atoms with van der Waals surface area (Å²) in [6, 6.07) is 7.75. The number of carbonyl (C=O) groups excluding carboxylic acids is 1. The highest BCUT2D eigenvalue weighted by atomic mass is 79.9. The Morgan fingerprint density at radius 1 is 1.21 bits per heavy atom. The van der Waals surface area contributed by atoms with Gasteiger partial charge in [-0.1, -0.05) is 27.6 Å². The SMILES string of the molecule is Cc1c(C(=O)NCCN2CCCCC2)nnn1-c1ccc(Br)cc1. The monoisotopic (exact) mass is 391 g/mol. The minimum absolute atomic E-state index is 0.159. The second-order valence-electron chi connectivity index (χ2n) is 6.07. The molecule has 6 nitrogen and oxygen atoms in total. The largest absolute Gasteiger partial charge is 0.349 e. The molecule has 1 amide bonds. The Morgan fingerprint density at radius 2 is 1.92 bits per heavy atom. The van der Waals surface area contributed by atoms with Crippen LogP contribution in [0.1, 0.15) is 35.4 Å². The van der Waals surface area contributed by atoms with Crippen molar-refractivity contribution in [1.82, 2.24) is 25.2 Å². The molecule has 1 N–H and O–H groups in total. The first-order valence-corrected chi connectivity index (χ1v) is 9.13. The van der Waals surface area contributed by atoms with Crippen LogP contribution in [-0.4, -0.2) is 52.0 Å². The third-order valence-electron chi connectivity index (χ3n) is 4.34. The van der Waals surface area contributed by atoms with Gasteiger partial charge in [0, 0.05) is 17.6 Å². The van der Waals surface area contributed by atoms with E-state index in [1.165, 1.54) is 19.3 Å². The van der Waals surface area contributed by atoms with Gasteiger partial charge in [0.05, 0.1) is 11.4 Å². The molecular weight excluding hydrogens is 370 g/mol. The first kappa shape index (κ1) is 17.1. The van der Waals surface area contributed by atoms with Gasteiger partial charge in [-0.05, 0) is 57.1 Å². The molecule has 1 aromatic carbocycles. The summed E-state index contributed by atoms with van der Waals surface area (Å²) in [6.07, 6.45) is 3.84. The normalized spacial score (nSPS) is 15.4. The standard InChI is InChI=1S/C17H22BrN5O/c1-13-16(17(24)19-9-12-22-10-3-2-4-11-22)20-21-23(13)15-7-5-14(18)6-8-15/h5-8H,2-4,9-12H2,1H3,(H,19,24). The van der Waals surface area contributed by atoms with Crippen molar-refractivity contribution in [3.05, 3.63) is 40.1 Å². The van der Waals surface area contributed by atoms with E-state index in [1.54, 1.807) is 4.68 Å². The summed E-state index contributed by atoms with van der Waals surface area (Å²) in [7, 11) is 0. The Balaban J connectivity index is 1.60. The van der Waals surface area contributed by atoms with Crippen molar-refractivity contribution in [2.24, 2.45) is 0 Å². The molecule has 24 heavy (non-hydrogen) atoms. The van der Waals surface area contributed by atoms with Gasteiger partial charge in [-0.3, -0.25) is 4.79 Å². The summed E-state index contributed by atoms with van der Waals surface area (Å²) in [5, 5.41) is 11.1. The maximum absolute atomic E-state index is 12.4. The predicted octanol–water partition coefficient (Wildman–Crippen LogP) is 2.55. The molecule has 1 aromatic heterocycles. The fourth-order valence-corrected chi connectivity index (χ4v) is 3.23. The van der Waals surface area contributed by atoms with Crippen molar-refractivity contribution in [2.75, 3.05) is 26.2 Å². The molecule has 7 heteroatoms. The number of aromatic nitrogens is 3. The van der Waals surface area contributed by atoms with Crippen molar-refractivity contribution >= 4 is 21.8 Å². The number of amides is 1. The molecule has 3 rings (SSSR count). The van der Waals surface area contributed by atoms with E-state index in [0.29, 0.717) is 12.2 Å². The minimum Gasteiger partial charge on any atom is -0.349 e. The van der Waals surface area contributed by atoms with Crippen molar-refractivity contribution < 1.29 is 4.79 Å². The summed E-state index contributed by atoms with van der Waals surface area (Å²) in [6.45, 7) is 5.67. The summed E-state index contributed by atoms with van der Waals surface area (Å²) in [5.41, 5.74) is 2.01. The molecule has 0 saturated carbocycles. The first-order chi connectivity index (χ1) is 11.6. The topological polar surface area (TPSA) is 63.1 Å². The number of nitrogens with one attached hydrogen (secondary N) is 1. The maximum Gasteiger partial charge on any atom is 0.273 e. The van der Waals surface area contributed by atoms with Gasteiger partial charge in [-0.15, -0.1) is 5.10 Å². The molecule has 0 spiro atoms. The van der Waals surface area contributed by atoms with Crippen LogP contribution in [0.2, 0.25) is 0 Å². The van der Waals surface area contributed by atoms with E-state index >= 15 is 0 Å². The molecule has 0 bridgehead atoms. The second-order valence-corrected chi connectivity index (χ2v) is 6.99. The molecule has 2 heterocycles. The maximum atomic E-state index is 12.4. The molecular formula is C17H22BrN5O. The Kier molecular flexibility index (Phi) is 5.63. The Labute approximate surface area is 150 Å². The number of likely N-dealkylation sites (tertiary alicyclic amines) is 1. The van der Waals surface area contributed by atoms with Crippen LogP contribution >= 0.6 is 15.9 Å². The number of piperidine rings is 1. The zero-order chi connectivity index (χ0) is 16.9. The third-order valence-corrected chi connectivity index (χ3v) is 4.87. The summed E-state index contributed by atoms with van der Waals surface area (Å²) in [4.78, 5) is 14.8. The highest BCUT2D eigenvalue weighted by Crippen LogP contribution is 2.16. The highest BCUT2D eigenvalue weighted by Gasteiger charge is 2.17. The van der Waals surface area contributed by atoms with Gasteiger partial charge in [-0.25, -0.2) is 4.68 Å². The zero-order valence-corrected chi connectivity index (χ0v) is 15.4. The number of rotatable bonds is 5. The number of nitrogens with zero attached hydrogens (tertiary/aromatic N) is 4. The van der Waals surface area contributed by atoms with Gasteiger partial charge in [-0.2, -0.15) is 0 Å². The van der Waals surface area contributed by atoms with Crippen molar-refractivity contribution in [2.45, 2.75) is 26.2 Å². The van der Waals surface area contributed by atoms with Gasteiger partial charge < -0.3 is 10.2 Å². The van der Waals surface area contributed by atoms with Gasteiger partial charge in [0.25, 0.3) is 5.91 Å². The number of hydrogen-bond donors (Lipinski definition) is 1. The quantitative estimate of drug-likeness (QED) is 0.850. The highest BCUT2D eigenvalue weighted by molar-refractivity contribution is 9.10. The van der Waals surface area contributed by atoms with E-state index < -0.39 is 0 Å². The predicted molar refractivity (Wildman–Crippen MR) is 96.4 cm³/mol. The van der Waals surface area contributed by atoms with Gasteiger partial charge >= 0.3 is 0 Å². The molecule has 1 aliphatic rings. The van der Waals surface area contributed by atoms with Crippen LogP contribution in [0.4, 0.5) is 0 Å². The van der Waals surface area contributed by atoms with E-state index in [0.717, 1.165) is 35.5 Å². The van der Waals surface area contributed by atoms with Crippen LogP contribution in [0.3, 0.4) is 0 Å². The van der Waals surface area contributed by atoms with Crippen LogP contribution in [-0.2, 0) is 0 Å². The van der Waals surface area contributed by atoms with Crippen LogP contribution in [0.5, 0.6) is 0 Å². The molecule has 2 aromatic rings. The van der Waals surface area contributed by atoms with Crippen molar-refractivity contribution in [3.8, 4) is 5.69 Å². The molecule has 0 unspecified atom stereocenters. The third kappa shape index (κ3) is 4.02. The number of halogens is 1. The fourth-order valence-electron chi connectivity index (χ4n) is 2.96. The molecule has 1 fully saturated rings. The Hall–Kier alpha value is -1.73. The lowest BCUT2D eigenvalue weighted by atomic mass is 10.1. The Bertz CT molecular complexity index is 692. The number of benzene rings is 1. The molecule has 0 atom stereocenters. The average molecular weight is 392 g/mol. The number of hydrogen-bond acceptors (Lipinski definition) is 4. The van der Waals surface area contributed by atoms with Crippen LogP contribution in [0.15, 0.2) is 28.7 Å². The smallest absolute Gasteiger partial charge is 0.273 e. The lowest BCUT2D eigenvalue weighted by Crippen LogP contribution is -2.37. The molecule has 0 radical (unpaired) electrons. The number of carbonyl (C=O) groups is 1. The second kappa shape index (κ2) is 7.90.